The summed E-state index contributed by atoms with van der Waals surface area (Å²) in [6.07, 6.45) is 0. The molecule has 0 atom stereocenters. The Hall–Kier alpha value is -2.99. The van der Waals surface area contributed by atoms with Crippen molar-refractivity contribution in [2.75, 3.05) is 13.2 Å². The van der Waals surface area contributed by atoms with Crippen molar-refractivity contribution in [2.45, 2.75) is 6.61 Å². The zero-order chi connectivity index (χ0) is 17.1. The van der Waals surface area contributed by atoms with Crippen molar-refractivity contribution in [3.63, 3.8) is 0 Å². The van der Waals surface area contributed by atoms with Crippen LogP contribution in [0, 0.1) is 0 Å². The number of aliphatic hydroxyl groups is 1. The molecule has 0 radical (unpaired) electrons. The van der Waals surface area contributed by atoms with E-state index in [1.807, 2.05) is 0 Å². The van der Waals surface area contributed by atoms with E-state index in [2.05, 4.69) is 0 Å². The minimum atomic E-state index is -0.545. The Morgan fingerprint density at radius 3 is 2.08 bits per heavy atom. The number of rotatable bonds is 5. The first-order valence-corrected chi connectivity index (χ1v) is 7.44. The smallest absolute Gasteiger partial charge is 0.338 e. The fraction of sp³-hybridized carbons (Fsp3) is 0.167. The summed E-state index contributed by atoms with van der Waals surface area (Å²) in [7, 11) is 0. The first-order chi connectivity index (χ1) is 11.6. The van der Waals surface area contributed by atoms with Crippen LogP contribution in [0.25, 0.3) is 0 Å². The highest BCUT2D eigenvalue weighted by Gasteiger charge is 2.34. The number of esters is 1. The van der Waals surface area contributed by atoms with E-state index in [-0.39, 0.29) is 31.6 Å². The van der Waals surface area contributed by atoms with E-state index in [0.29, 0.717) is 22.3 Å². The van der Waals surface area contributed by atoms with Crippen LogP contribution >= 0.6 is 0 Å². The molecular formula is C18H15NO5. The van der Waals surface area contributed by atoms with Gasteiger partial charge in [0.15, 0.2) is 0 Å². The minimum absolute atomic E-state index is 0.00676. The average Bonchev–Trinajstić information content (AvgIpc) is 2.87. The number of ether oxygens (including phenoxy) is 1. The molecule has 6 nitrogen and oxygen atoms in total. The third kappa shape index (κ3) is 2.91. The number of nitrogens with zero attached hydrogens (tertiary/aromatic N) is 1. The van der Waals surface area contributed by atoms with Crippen LogP contribution < -0.4 is 0 Å². The van der Waals surface area contributed by atoms with E-state index in [1.165, 1.54) is 0 Å². The molecule has 0 spiro atoms. The lowest BCUT2D eigenvalue weighted by Gasteiger charge is -2.13. The van der Waals surface area contributed by atoms with Crippen LogP contribution in [0.1, 0.15) is 36.6 Å². The van der Waals surface area contributed by atoms with Gasteiger partial charge in [-0.1, -0.05) is 24.3 Å². The number of carbonyl (C=O) groups is 3. The molecule has 0 saturated carbocycles. The second-order valence-electron chi connectivity index (χ2n) is 5.30. The molecule has 0 aromatic heterocycles. The average molecular weight is 325 g/mol. The lowest BCUT2D eigenvalue weighted by Crippen LogP contribution is -2.33. The Bertz CT molecular complexity index is 762. The number of hydrogen-bond acceptors (Lipinski definition) is 5. The third-order valence-corrected chi connectivity index (χ3v) is 3.80. The molecule has 0 aliphatic carbocycles. The molecule has 122 valence electrons. The van der Waals surface area contributed by atoms with Gasteiger partial charge in [-0.2, -0.15) is 0 Å². The first kappa shape index (κ1) is 15.9. The second kappa shape index (κ2) is 6.64. The molecular weight excluding hydrogens is 310 g/mol. The fourth-order valence-corrected chi connectivity index (χ4v) is 2.50. The van der Waals surface area contributed by atoms with Gasteiger partial charge in [-0.15, -0.1) is 0 Å². The highest BCUT2D eigenvalue weighted by Crippen LogP contribution is 2.21. The molecule has 24 heavy (non-hydrogen) atoms. The monoisotopic (exact) mass is 325 g/mol. The van der Waals surface area contributed by atoms with Gasteiger partial charge >= 0.3 is 5.97 Å². The number of benzene rings is 2. The zero-order valence-corrected chi connectivity index (χ0v) is 12.8. The largest absolute Gasteiger partial charge is 0.460 e. The molecule has 1 aliphatic heterocycles. The summed E-state index contributed by atoms with van der Waals surface area (Å²) in [4.78, 5) is 37.3. The molecule has 0 fully saturated rings. The lowest BCUT2D eigenvalue weighted by atomic mass is 10.1. The summed E-state index contributed by atoms with van der Waals surface area (Å²) in [6, 6.07) is 13.0. The lowest BCUT2D eigenvalue weighted by molar-refractivity contribution is 0.0420. The topological polar surface area (TPSA) is 83.9 Å². The van der Waals surface area contributed by atoms with E-state index in [0.717, 1.165) is 4.90 Å². The van der Waals surface area contributed by atoms with Gasteiger partial charge in [-0.05, 0) is 29.8 Å². The standard InChI is InChI=1S/C18H15NO5/c20-11-12-5-7-13(8-6-12)18(23)24-10-9-19-16(21)14-3-1-2-4-15(14)17(19)22/h1-8,20H,9-11H2. The third-order valence-electron chi connectivity index (χ3n) is 3.80. The van der Waals surface area contributed by atoms with Gasteiger partial charge in [0.2, 0.25) is 0 Å². The van der Waals surface area contributed by atoms with Crippen molar-refractivity contribution in [3.8, 4) is 0 Å². The Morgan fingerprint density at radius 2 is 1.54 bits per heavy atom. The number of hydrogen-bond donors (Lipinski definition) is 1. The summed E-state index contributed by atoms with van der Waals surface area (Å²) in [6.45, 7) is -0.173. The second-order valence-corrected chi connectivity index (χ2v) is 5.30. The molecule has 3 rings (SSSR count). The molecule has 1 N–H and O–H groups in total. The summed E-state index contributed by atoms with van der Waals surface area (Å²) in [5.74, 6) is -1.30. The normalized spacial score (nSPS) is 13.1. The van der Waals surface area contributed by atoms with E-state index >= 15 is 0 Å². The summed E-state index contributed by atoms with van der Waals surface area (Å²) in [5, 5.41) is 8.97. The summed E-state index contributed by atoms with van der Waals surface area (Å²) < 4.78 is 5.11. The van der Waals surface area contributed by atoms with E-state index in [1.54, 1.807) is 48.5 Å². The van der Waals surface area contributed by atoms with E-state index in [9.17, 15) is 14.4 Å². The van der Waals surface area contributed by atoms with Crippen LogP contribution in [-0.2, 0) is 11.3 Å². The van der Waals surface area contributed by atoms with Crippen molar-refractivity contribution >= 4 is 17.8 Å². The van der Waals surface area contributed by atoms with Gasteiger partial charge in [0.25, 0.3) is 11.8 Å². The molecule has 6 heteroatoms. The zero-order valence-electron chi connectivity index (χ0n) is 12.8. The number of imide groups is 1. The highest BCUT2D eigenvalue weighted by molar-refractivity contribution is 6.21. The van der Waals surface area contributed by atoms with Crippen LogP contribution in [0.2, 0.25) is 0 Å². The van der Waals surface area contributed by atoms with Gasteiger partial charge in [0.1, 0.15) is 6.61 Å². The molecule has 2 aromatic rings. The Balaban J connectivity index is 1.58. The maximum atomic E-state index is 12.2. The Morgan fingerprint density at radius 1 is 0.958 bits per heavy atom. The van der Waals surface area contributed by atoms with Crippen molar-refractivity contribution in [1.82, 2.24) is 4.90 Å². The van der Waals surface area contributed by atoms with Crippen LogP contribution in [-0.4, -0.2) is 40.9 Å². The Labute approximate surface area is 138 Å². The van der Waals surface area contributed by atoms with Gasteiger partial charge < -0.3 is 9.84 Å². The summed E-state index contributed by atoms with van der Waals surface area (Å²) in [5.41, 5.74) is 1.77. The predicted molar refractivity (Wildman–Crippen MR) is 84.5 cm³/mol. The van der Waals surface area contributed by atoms with Gasteiger partial charge in [-0.25, -0.2) is 4.79 Å². The van der Waals surface area contributed by atoms with Crippen LogP contribution in [0.4, 0.5) is 0 Å². The molecule has 2 amide bonds. The van der Waals surface area contributed by atoms with Gasteiger partial charge in [-0.3, -0.25) is 14.5 Å². The van der Waals surface area contributed by atoms with Gasteiger partial charge in [0.05, 0.1) is 29.8 Å². The highest BCUT2D eigenvalue weighted by atomic mass is 16.5. The minimum Gasteiger partial charge on any atom is -0.460 e. The van der Waals surface area contributed by atoms with E-state index < -0.39 is 5.97 Å². The number of amides is 2. The SMILES string of the molecule is O=C(OCCN1C(=O)c2ccccc2C1=O)c1ccc(CO)cc1. The van der Waals surface area contributed by atoms with Crippen molar-refractivity contribution in [2.24, 2.45) is 0 Å². The Kier molecular flexibility index (Phi) is 4.39. The quantitative estimate of drug-likeness (QED) is 0.667. The van der Waals surface area contributed by atoms with Crippen molar-refractivity contribution in [1.29, 1.82) is 0 Å². The molecule has 1 heterocycles. The molecule has 0 unspecified atom stereocenters. The van der Waals surface area contributed by atoms with Crippen molar-refractivity contribution < 1.29 is 24.2 Å². The summed E-state index contributed by atoms with van der Waals surface area (Å²) >= 11 is 0. The number of fused-ring (bicyclic) bond motifs is 1. The number of carbonyl (C=O) groups excluding carboxylic acids is 3. The fourth-order valence-electron chi connectivity index (χ4n) is 2.50. The first-order valence-electron chi connectivity index (χ1n) is 7.44. The molecule has 2 aromatic carbocycles. The maximum Gasteiger partial charge on any atom is 0.338 e. The predicted octanol–water partition coefficient (Wildman–Crippen LogP) is 1.63. The van der Waals surface area contributed by atoms with Gasteiger partial charge in [0, 0.05) is 0 Å². The maximum absolute atomic E-state index is 12.2. The van der Waals surface area contributed by atoms with Crippen LogP contribution in [0.15, 0.2) is 48.5 Å². The van der Waals surface area contributed by atoms with E-state index in [4.69, 9.17) is 9.84 Å². The molecule has 1 aliphatic rings. The van der Waals surface area contributed by atoms with Crippen LogP contribution in [0.5, 0.6) is 0 Å². The van der Waals surface area contributed by atoms with Crippen LogP contribution in [0.3, 0.4) is 0 Å². The molecule has 0 bridgehead atoms. The van der Waals surface area contributed by atoms with Crippen molar-refractivity contribution in [3.05, 3.63) is 70.8 Å². The number of aliphatic hydroxyl groups excluding tert-OH is 1. The molecule has 0 saturated heterocycles.